The van der Waals surface area contributed by atoms with E-state index in [2.05, 4.69) is 13.8 Å². The average molecular weight is 242 g/mol. The molecule has 4 atom stereocenters. The van der Waals surface area contributed by atoms with Crippen molar-refractivity contribution in [2.24, 2.45) is 11.8 Å². The van der Waals surface area contributed by atoms with Crippen molar-refractivity contribution >= 4 is 0 Å². The lowest BCUT2D eigenvalue weighted by atomic mass is 10.0. The van der Waals surface area contributed by atoms with Crippen LogP contribution in [0.4, 0.5) is 0 Å². The van der Waals surface area contributed by atoms with Crippen LogP contribution in [0.5, 0.6) is 0 Å². The Balaban J connectivity index is 1.55. The van der Waals surface area contributed by atoms with Gasteiger partial charge in [0.15, 0.2) is 0 Å². The summed E-state index contributed by atoms with van der Waals surface area (Å²) in [5.74, 6) is 1.49. The summed E-state index contributed by atoms with van der Waals surface area (Å²) in [4.78, 5) is 0. The van der Waals surface area contributed by atoms with Gasteiger partial charge in [-0.1, -0.05) is 26.7 Å². The number of hydrogen-bond donors (Lipinski definition) is 0. The van der Waals surface area contributed by atoms with E-state index in [0.29, 0.717) is 12.2 Å². The highest BCUT2D eigenvalue weighted by Gasteiger charge is 2.26. The zero-order chi connectivity index (χ0) is 12.1. The molecule has 0 radical (unpaired) electrons. The van der Waals surface area contributed by atoms with Gasteiger partial charge in [0.05, 0.1) is 25.4 Å². The van der Waals surface area contributed by atoms with Crippen LogP contribution in [0.2, 0.25) is 0 Å². The highest BCUT2D eigenvalue weighted by Crippen LogP contribution is 2.24. The van der Waals surface area contributed by atoms with Crippen LogP contribution in [0.1, 0.15) is 39.5 Å². The predicted molar refractivity (Wildman–Crippen MR) is 67.1 cm³/mol. The molecule has 3 nitrogen and oxygen atoms in total. The molecule has 0 aromatic heterocycles. The van der Waals surface area contributed by atoms with E-state index >= 15 is 0 Å². The molecule has 0 bridgehead atoms. The summed E-state index contributed by atoms with van der Waals surface area (Å²) in [5.41, 5.74) is 0. The lowest BCUT2D eigenvalue weighted by Gasteiger charge is -2.13. The summed E-state index contributed by atoms with van der Waals surface area (Å²) in [5, 5.41) is 0. The number of rotatable bonds is 6. The van der Waals surface area contributed by atoms with Crippen molar-refractivity contribution in [3.05, 3.63) is 0 Å². The number of ether oxygens (including phenoxy) is 3. The topological polar surface area (TPSA) is 27.7 Å². The Hall–Kier alpha value is -0.120. The highest BCUT2D eigenvalue weighted by atomic mass is 16.6. The van der Waals surface area contributed by atoms with Crippen LogP contribution in [-0.4, -0.2) is 38.6 Å². The lowest BCUT2D eigenvalue weighted by Crippen LogP contribution is -2.20. The summed E-state index contributed by atoms with van der Waals surface area (Å²) < 4.78 is 17.1. The van der Waals surface area contributed by atoms with Crippen LogP contribution in [-0.2, 0) is 14.2 Å². The first-order valence-electron chi connectivity index (χ1n) is 7.12. The molecule has 0 aromatic carbocycles. The lowest BCUT2D eigenvalue weighted by molar-refractivity contribution is -0.0248. The summed E-state index contributed by atoms with van der Waals surface area (Å²) in [7, 11) is 0. The van der Waals surface area contributed by atoms with E-state index in [1.165, 1.54) is 25.7 Å². The van der Waals surface area contributed by atoms with E-state index in [1.54, 1.807) is 0 Å². The smallest absolute Gasteiger partial charge is 0.0812 e. The molecule has 0 saturated carbocycles. The van der Waals surface area contributed by atoms with E-state index in [4.69, 9.17) is 14.2 Å². The first-order valence-corrected chi connectivity index (χ1v) is 7.12. The summed E-state index contributed by atoms with van der Waals surface area (Å²) in [6, 6.07) is 0. The van der Waals surface area contributed by atoms with E-state index in [1.807, 2.05) is 0 Å². The normalized spacial score (nSPS) is 37.8. The Morgan fingerprint density at radius 2 is 1.35 bits per heavy atom. The van der Waals surface area contributed by atoms with E-state index in [0.717, 1.165) is 38.3 Å². The third-order valence-electron chi connectivity index (χ3n) is 4.09. The molecule has 0 spiro atoms. The van der Waals surface area contributed by atoms with Crippen LogP contribution in [0.3, 0.4) is 0 Å². The molecule has 2 aliphatic rings. The van der Waals surface area contributed by atoms with Gasteiger partial charge in [0.2, 0.25) is 0 Å². The highest BCUT2D eigenvalue weighted by molar-refractivity contribution is 4.74. The Bertz CT molecular complexity index is 198. The van der Waals surface area contributed by atoms with Gasteiger partial charge in [0, 0.05) is 13.2 Å². The van der Waals surface area contributed by atoms with Crippen molar-refractivity contribution in [2.45, 2.75) is 51.7 Å². The Morgan fingerprint density at radius 1 is 0.882 bits per heavy atom. The first kappa shape index (κ1) is 13.3. The summed E-state index contributed by atoms with van der Waals surface area (Å²) in [6.07, 6.45) is 5.42. The van der Waals surface area contributed by atoms with Gasteiger partial charge in [0.25, 0.3) is 0 Å². The van der Waals surface area contributed by atoms with E-state index < -0.39 is 0 Å². The molecule has 17 heavy (non-hydrogen) atoms. The maximum atomic E-state index is 5.74. The molecule has 3 heteroatoms. The molecular formula is C14H26O3. The minimum Gasteiger partial charge on any atom is -0.376 e. The Labute approximate surface area is 105 Å². The van der Waals surface area contributed by atoms with Gasteiger partial charge in [-0.2, -0.15) is 0 Å². The molecule has 2 aliphatic heterocycles. The molecule has 4 unspecified atom stereocenters. The fourth-order valence-corrected chi connectivity index (χ4v) is 2.69. The van der Waals surface area contributed by atoms with Crippen molar-refractivity contribution in [3.63, 3.8) is 0 Å². The molecule has 2 rings (SSSR count). The molecule has 0 N–H and O–H groups in total. The van der Waals surface area contributed by atoms with E-state index in [9.17, 15) is 0 Å². The Morgan fingerprint density at radius 3 is 1.71 bits per heavy atom. The van der Waals surface area contributed by atoms with Crippen molar-refractivity contribution < 1.29 is 14.2 Å². The van der Waals surface area contributed by atoms with Crippen LogP contribution in [0.15, 0.2) is 0 Å². The second-order valence-corrected chi connectivity index (χ2v) is 5.47. The second-order valence-electron chi connectivity index (χ2n) is 5.47. The minimum atomic E-state index is 0.323. The molecule has 2 fully saturated rings. The van der Waals surface area contributed by atoms with Crippen LogP contribution in [0.25, 0.3) is 0 Å². The third-order valence-corrected chi connectivity index (χ3v) is 4.09. The fraction of sp³-hybridized carbons (Fsp3) is 1.00. The SMILES string of the molecule is CCC1COC(COCC2CC(CC)CO2)C1. The van der Waals surface area contributed by atoms with Crippen LogP contribution < -0.4 is 0 Å². The standard InChI is InChI=1S/C14H26O3/c1-3-11-5-13(16-7-11)9-15-10-14-6-12(4-2)8-17-14/h11-14H,3-10H2,1-2H3. The molecule has 2 heterocycles. The van der Waals surface area contributed by atoms with Crippen molar-refractivity contribution in [3.8, 4) is 0 Å². The molecular weight excluding hydrogens is 216 g/mol. The van der Waals surface area contributed by atoms with Crippen molar-refractivity contribution in [1.29, 1.82) is 0 Å². The van der Waals surface area contributed by atoms with Gasteiger partial charge in [-0.15, -0.1) is 0 Å². The summed E-state index contributed by atoms with van der Waals surface area (Å²) >= 11 is 0. The molecule has 0 aliphatic carbocycles. The van der Waals surface area contributed by atoms with Gasteiger partial charge in [-0.05, 0) is 24.7 Å². The molecule has 0 amide bonds. The maximum absolute atomic E-state index is 5.74. The zero-order valence-electron chi connectivity index (χ0n) is 11.2. The van der Waals surface area contributed by atoms with Gasteiger partial charge >= 0.3 is 0 Å². The number of hydrogen-bond acceptors (Lipinski definition) is 3. The van der Waals surface area contributed by atoms with Crippen molar-refractivity contribution in [1.82, 2.24) is 0 Å². The largest absolute Gasteiger partial charge is 0.376 e. The first-order chi connectivity index (χ1) is 8.31. The molecule has 2 saturated heterocycles. The minimum absolute atomic E-state index is 0.323. The zero-order valence-corrected chi connectivity index (χ0v) is 11.2. The predicted octanol–water partition coefficient (Wildman–Crippen LogP) is 2.63. The third kappa shape index (κ3) is 3.94. The van der Waals surface area contributed by atoms with Crippen molar-refractivity contribution in [2.75, 3.05) is 26.4 Å². The van der Waals surface area contributed by atoms with Gasteiger partial charge in [-0.3, -0.25) is 0 Å². The molecule has 100 valence electrons. The Kier molecular flexibility index (Phi) is 5.26. The average Bonchev–Trinajstić information content (AvgIpc) is 2.97. The van der Waals surface area contributed by atoms with Gasteiger partial charge < -0.3 is 14.2 Å². The summed E-state index contributed by atoms with van der Waals surface area (Å²) in [6.45, 7) is 7.79. The van der Waals surface area contributed by atoms with E-state index in [-0.39, 0.29) is 0 Å². The molecule has 0 aromatic rings. The monoisotopic (exact) mass is 242 g/mol. The van der Waals surface area contributed by atoms with Crippen LogP contribution >= 0.6 is 0 Å². The van der Waals surface area contributed by atoms with Crippen LogP contribution in [0, 0.1) is 11.8 Å². The maximum Gasteiger partial charge on any atom is 0.0812 e. The quantitative estimate of drug-likeness (QED) is 0.716. The second kappa shape index (κ2) is 6.72. The fourth-order valence-electron chi connectivity index (χ4n) is 2.69. The van der Waals surface area contributed by atoms with Gasteiger partial charge in [-0.25, -0.2) is 0 Å². The van der Waals surface area contributed by atoms with Gasteiger partial charge in [0.1, 0.15) is 0 Å².